The molecule has 0 radical (unpaired) electrons. The third-order valence-electron chi connectivity index (χ3n) is 3.53. The van der Waals surface area contributed by atoms with Crippen LogP contribution in [0, 0.1) is 0 Å². The van der Waals surface area contributed by atoms with Gasteiger partial charge in [0.1, 0.15) is 0 Å². The van der Waals surface area contributed by atoms with Gasteiger partial charge in [-0.05, 0) is 11.1 Å². The molecule has 0 amide bonds. The Labute approximate surface area is 108 Å². The van der Waals surface area contributed by atoms with Gasteiger partial charge in [0.15, 0.2) is 0 Å². The molecule has 3 N–H and O–H groups in total. The molecule has 1 aromatic carbocycles. The van der Waals surface area contributed by atoms with Gasteiger partial charge in [-0.25, -0.2) is 0 Å². The summed E-state index contributed by atoms with van der Waals surface area (Å²) in [6.45, 7) is 2.61. The first-order valence-electron chi connectivity index (χ1n) is 6.38. The minimum atomic E-state index is -0.228. The highest BCUT2D eigenvalue weighted by Gasteiger charge is 2.32. The quantitative estimate of drug-likeness (QED) is 0.825. The average molecular weight is 251 g/mol. The van der Waals surface area contributed by atoms with E-state index < -0.39 is 0 Å². The number of nitrogens with two attached hydrogens (primary N) is 1. The van der Waals surface area contributed by atoms with E-state index in [-0.39, 0.29) is 12.2 Å². The number of hydrogen-bond acceptors (Lipinski definition) is 4. The molecule has 0 unspecified atom stereocenters. The fraction of sp³-hybridized carbons (Fsp3) is 0.571. The fourth-order valence-corrected chi connectivity index (χ4v) is 2.13. The third kappa shape index (κ3) is 3.29. The zero-order chi connectivity index (χ0) is 12.8. The largest absolute Gasteiger partial charge is 0.392 e. The molecule has 1 aliphatic heterocycles. The zero-order valence-electron chi connectivity index (χ0n) is 10.6. The summed E-state index contributed by atoms with van der Waals surface area (Å²) in [6, 6.07) is 7.79. The summed E-state index contributed by atoms with van der Waals surface area (Å²) in [5, 5.41) is 8.98. The van der Waals surface area contributed by atoms with Gasteiger partial charge in [-0.1, -0.05) is 24.3 Å². The molecule has 1 fully saturated rings. The highest BCUT2D eigenvalue weighted by Crippen LogP contribution is 2.25. The smallest absolute Gasteiger partial charge is 0.0852 e. The number of hydrogen-bond donors (Lipinski definition) is 2. The van der Waals surface area contributed by atoms with Crippen LogP contribution in [-0.2, 0) is 22.7 Å². The SMILES string of the molecule is NCC1(OCc2ccc(CO)cc2)CCOCC1. The Hall–Kier alpha value is -0.940. The van der Waals surface area contributed by atoms with Crippen molar-refractivity contribution < 1.29 is 14.6 Å². The van der Waals surface area contributed by atoms with Crippen molar-refractivity contribution in [3.05, 3.63) is 35.4 Å². The first kappa shape index (κ1) is 13.5. The van der Waals surface area contributed by atoms with E-state index in [4.69, 9.17) is 20.3 Å². The lowest BCUT2D eigenvalue weighted by molar-refractivity contribution is -0.112. The second kappa shape index (κ2) is 6.29. The van der Waals surface area contributed by atoms with Gasteiger partial charge in [0.25, 0.3) is 0 Å². The summed E-state index contributed by atoms with van der Waals surface area (Å²) in [7, 11) is 0. The van der Waals surface area contributed by atoms with Gasteiger partial charge in [-0.2, -0.15) is 0 Å². The Balaban J connectivity index is 1.92. The van der Waals surface area contributed by atoms with Crippen molar-refractivity contribution in [1.29, 1.82) is 0 Å². The minimum absolute atomic E-state index is 0.0746. The molecule has 18 heavy (non-hydrogen) atoms. The third-order valence-corrected chi connectivity index (χ3v) is 3.53. The molecule has 0 aliphatic carbocycles. The highest BCUT2D eigenvalue weighted by atomic mass is 16.5. The molecule has 1 aromatic rings. The summed E-state index contributed by atoms with van der Waals surface area (Å²) in [5.41, 5.74) is 7.62. The molecule has 0 spiro atoms. The van der Waals surface area contributed by atoms with E-state index in [1.165, 1.54) is 0 Å². The molecule has 0 bridgehead atoms. The van der Waals surface area contributed by atoms with Crippen LogP contribution >= 0.6 is 0 Å². The van der Waals surface area contributed by atoms with Crippen molar-refractivity contribution in [2.75, 3.05) is 19.8 Å². The van der Waals surface area contributed by atoms with Crippen LogP contribution in [-0.4, -0.2) is 30.5 Å². The van der Waals surface area contributed by atoms with E-state index in [0.29, 0.717) is 13.2 Å². The van der Waals surface area contributed by atoms with E-state index in [9.17, 15) is 0 Å². The van der Waals surface area contributed by atoms with E-state index in [1.807, 2.05) is 24.3 Å². The topological polar surface area (TPSA) is 64.7 Å². The molecular weight excluding hydrogens is 230 g/mol. The maximum atomic E-state index is 8.98. The normalized spacial score (nSPS) is 18.8. The second-order valence-electron chi connectivity index (χ2n) is 4.76. The van der Waals surface area contributed by atoms with Gasteiger partial charge in [0, 0.05) is 32.6 Å². The van der Waals surface area contributed by atoms with Crippen molar-refractivity contribution in [2.24, 2.45) is 5.73 Å². The maximum absolute atomic E-state index is 8.98. The summed E-state index contributed by atoms with van der Waals surface area (Å²) in [4.78, 5) is 0. The Morgan fingerprint density at radius 1 is 1.17 bits per heavy atom. The highest BCUT2D eigenvalue weighted by molar-refractivity contribution is 5.21. The Kier molecular flexibility index (Phi) is 4.72. The molecule has 1 saturated heterocycles. The number of aliphatic hydroxyl groups excluding tert-OH is 1. The minimum Gasteiger partial charge on any atom is -0.392 e. The average Bonchev–Trinajstić information content (AvgIpc) is 2.47. The molecule has 2 rings (SSSR count). The molecule has 100 valence electrons. The summed E-state index contributed by atoms with van der Waals surface area (Å²) in [5.74, 6) is 0. The lowest BCUT2D eigenvalue weighted by atomic mass is 9.94. The second-order valence-corrected chi connectivity index (χ2v) is 4.76. The van der Waals surface area contributed by atoms with Crippen LogP contribution in [0.4, 0.5) is 0 Å². The molecule has 0 saturated carbocycles. The standard InChI is InChI=1S/C14H21NO3/c15-11-14(5-7-17-8-6-14)18-10-13-3-1-12(9-16)2-4-13/h1-4,16H,5-11,15H2. The van der Waals surface area contributed by atoms with Crippen molar-refractivity contribution in [3.63, 3.8) is 0 Å². The van der Waals surface area contributed by atoms with Crippen LogP contribution < -0.4 is 5.73 Å². The van der Waals surface area contributed by atoms with Crippen LogP contribution in [0.25, 0.3) is 0 Å². The molecule has 1 aliphatic rings. The number of ether oxygens (including phenoxy) is 2. The molecule has 4 nitrogen and oxygen atoms in total. The molecular formula is C14H21NO3. The van der Waals surface area contributed by atoms with Gasteiger partial charge in [0.05, 0.1) is 18.8 Å². The van der Waals surface area contributed by atoms with Gasteiger partial charge in [-0.15, -0.1) is 0 Å². The van der Waals surface area contributed by atoms with Crippen LogP contribution in [0.3, 0.4) is 0 Å². The van der Waals surface area contributed by atoms with Gasteiger partial charge >= 0.3 is 0 Å². The van der Waals surface area contributed by atoms with Crippen LogP contribution in [0.5, 0.6) is 0 Å². The Morgan fingerprint density at radius 2 is 1.78 bits per heavy atom. The van der Waals surface area contributed by atoms with E-state index in [1.54, 1.807) is 0 Å². The summed E-state index contributed by atoms with van der Waals surface area (Å²) in [6.07, 6.45) is 1.72. The van der Waals surface area contributed by atoms with Crippen molar-refractivity contribution >= 4 is 0 Å². The lowest BCUT2D eigenvalue weighted by Gasteiger charge is -2.36. The van der Waals surface area contributed by atoms with Crippen LogP contribution in [0.2, 0.25) is 0 Å². The van der Waals surface area contributed by atoms with Crippen molar-refractivity contribution in [3.8, 4) is 0 Å². The van der Waals surface area contributed by atoms with Gasteiger partial charge in [0.2, 0.25) is 0 Å². The number of benzene rings is 1. The maximum Gasteiger partial charge on any atom is 0.0852 e. The monoisotopic (exact) mass is 251 g/mol. The van der Waals surface area contributed by atoms with Crippen molar-refractivity contribution in [2.45, 2.75) is 31.7 Å². The molecule has 0 atom stereocenters. The first-order chi connectivity index (χ1) is 8.78. The van der Waals surface area contributed by atoms with Gasteiger partial charge < -0.3 is 20.3 Å². The summed E-state index contributed by atoms with van der Waals surface area (Å²) >= 11 is 0. The Bertz CT molecular complexity index is 358. The van der Waals surface area contributed by atoms with Crippen LogP contribution in [0.1, 0.15) is 24.0 Å². The number of rotatable bonds is 5. The zero-order valence-corrected chi connectivity index (χ0v) is 10.6. The van der Waals surface area contributed by atoms with Gasteiger partial charge in [-0.3, -0.25) is 0 Å². The molecule has 0 aromatic heterocycles. The van der Waals surface area contributed by atoms with E-state index >= 15 is 0 Å². The van der Waals surface area contributed by atoms with E-state index in [2.05, 4.69) is 0 Å². The predicted molar refractivity (Wildman–Crippen MR) is 69.0 cm³/mol. The summed E-state index contributed by atoms with van der Waals surface area (Å²) < 4.78 is 11.4. The van der Waals surface area contributed by atoms with E-state index in [0.717, 1.165) is 37.2 Å². The lowest BCUT2D eigenvalue weighted by Crippen LogP contribution is -2.45. The fourth-order valence-electron chi connectivity index (χ4n) is 2.13. The van der Waals surface area contributed by atoms with Crippen LogP contribution in [0.15, 0.2) is 24.3 Å². The Morgan fingerprint density at radius 3 is 2.33 bits per heavy atom. The van der Waals surface area contributed by atoms with Crippen molar-refractivity contribution in [1.82, 2.24) is 0 Å². The molecule has 4 heteroatoms. The molecule has 1 heterocycles. The number of aliphatic hydroxyl groups is 1. The predicted octanol–water partition coefficient (Wildman–Crippen LogP) is 1.20. The first-order valence-corrected chi connectivity index (χ1v) is 6.38.